The first-order valence-corrected chi connectivity index (χ1v) is 20.8. The van der Waals surface area contributed by atoms with Crippen molar-refractivity contribution in [3.8, 4) is 0 Å². The number of allylic oxidation sites excluding steroid dienone is 4. The molecule has 0 aliphatic rings. The second-order valence-electron chi connectivity index (χ2n) is 14.1. The van der Waals surface area contributed by atoms with Gasteiger partial charge in [-0.1, -0.05) is 192 Å². The zero-order valence-corrected chi connectivity index (χ0v) is 31.4. The summed E-state index contributed by atoms with van der Waals surface area (Å²) >= 11 is 0. The molecule has 0 unspecified atom stereocenters. The third-order valence-electron chi connectivity index (χ3n) is 9.38. The molecule has 1 N–H and O–H groups in total. The summed E-state index contributed by atoms with van der Waals surface area (Å²) in [6.07, 6.45) is 52.1. The van der Waals surface area contributed by atoms with Crippen molar-refractivity contribution < 1.29 is 19.4 Å². The van der Waals surface area contributed by atoms with Crippen LogP contribution in [-0.2, 0) is 14.3 Å². The van der Waals surface area contributed by atoms with Crippen molar-refractivity contribution in [2.24, 2.45) is 0 Å². The van der Waals surface area contributed by atoms with Crippen LogP contribution in [0.4, 0.5) is 0 Å². The Labute approximate surface area is 293 Å². The van der Waals surface area contributed by atoms with Gasteiger partial charge in [-0.05, 0) is 51.4 Å². The number of carboxylic acids is 1. The summed E-state index contributed by atoms with van der Waals surface area (Å²) in [5, 5.41) is 8.64. The van der Waals surface area contributed by atoms with Gasteiger partial charge in [-0.3, -0.25) is 9.59 Å². The molecule has 0 rings (SSSR count). The van der Waals surface area contributed by atoms with Crippen molar-refractivity contribution >= 4 is 11.9 Å². The smallest absolute Gasteiger partial charge is 0.305 e. The van der Waals surface area contributed by atoms with Crippen LogP contribution in [0, 0.1) is 0 Å². The standard InChI is InChI=1S/C43H80O4/c1-2-3-4-5-6-7-8-9-18-22-25-28-31-34-37-40-43(46)47-41-38-35-32-29-26-23-20-17-15-13-11-10-12-14-16-19-21-24-27-30-33-36-39-42(44)45/h6-7,9,18H,2-5,8,10-17,19-41H2,1H3,(H,44,45)/b7-6-,18-9-. The molecule has 0 saturated heterocycles. The minimum absolute atomic E-state index is 0.00154. The predicted molar refractivity (Wildman–Crippen MR) is 204 cm³/mol. The first-order chi connectivity index (χ1) is 23.2. The highest BCUT2D eigenvalue weighted by Gasteiger charge is 2.03. The van der Waals surface area contributed by atoms with E-state index < -0.39 is 5.97 Å². The molecule has 0 aromatic carbocycles. The lowest BCUT2D eigenvalue weighted by Crippen LogP contribution is -2.05. The Bertz CT molecular complexity index is 698. The van der Waals surface area contributed by atoms with Crippen LogP contribution in [-0.4, -0.2) is 23.7 Å². The lowest BCUT2D eigenvalue weighted by molar-refractivity contribution is -0.144. The third-order valence-corrected chi connectivity index (χ3v) is 9.38. The Balaban J connectivity index is 3.19. The number of esters is 1. The summed E-state index contributed by atoms with van der Waals surface area (Å²) in [5.74, 6) is -0.656. The van der Waals surface area contributed by atoms with Gasteiger partial charge in [0.1, 0.15) is 0 Å². The van der Waals surface area contributed by atoms with E-state index in [-0.39, 0.29) is 5.97 Å². The van der Waals surface area contributed by atoms with E-state index in [0.29, 0.717) is 19.4 Å². The van der Waals surface area contributed by atoms with Crippen LogP contribution >= 0.6 is 0 Å². The lowest BCUT2D eigenvalue weighted by atomic mass is 10.0. The van der Waals surface area contributed by atoms with Gasteiger partial charge in [0.2, 0.25) is 0 Å². The molecular weight excluding hydrogens is 580 g/mol. The molecule has 0 fully saturated rings. The fourth-order valence-electron chi connectivity index (χ4n) is 6.25. The van der Waals surface area contributed by atoms with Crippen LogP contribution in [0.3, 0.4) is 0 Å². The first-order valence-electron chi connectivity index (χ1n) is 20.8. The van der Waals surface area contributed by atoms with Gasteiger partial charge in [0.25, 0.3) is 0 Å². The maximum Gasteiger partial charge on any atom is 0.305 e. The molecule has 0 aromatic heterocycles. The molecule has 0 aliphatic heterocycles. The normalized spacial score (nSPS) is 11.7. The second kappa shape index (κ2) is 40.6. The molecule has 0 amide bonds. The maximum atomic E-state index is 12.0. The Morgan fingerprint density at radius 1 is 0.426 bits per heavy atom. The fraction of sp³-hybridized carbons (Fsp3) is 0.860. The minimum Gasteiger partial charge on any atom is -0.481 e. The molecule has 0 atom stereocenters. The average Bonchev–Trinajstić information content (AvgIpc) is 3.06. The Kier molecular flexibility index (Phi) is 39.2. The van der Waals surface area contributed by atoms with E-state index in [2.05, 4.69) is 31.2 Å². The summed E-state index contributed by atoms with van der Waals surface area (Å²) in [4.78, 5) is 22.5. The van der Waals surface area contributed by atoms with Crippen LogP contribution in [0.15, 0.2) is 24.3 Å². The number of aliphatic carboxylic acids is 1. The largest absolute Gasteiger partial charge is 0.481 e. The quantitative estimate of drug-likeness (QED) is 0.0405. The van der Waals surface area contributed by atoms with E-state index in [0.717, 1.165) is 38.5 Å². The molecule has 0 aromatic rings. The Morgan fingerprint density at radius 2 is 0.766 bits per heavy atom. The van der Waals surface area contributed by atoms with Gasteiger partial charge in [0, 0.05) is 12.8 Å². The zero-order valence-electron chi connectivity index (χ0n) is 31.4. The summed E-state index contributed by atoms with van der Waals surface area (Å²) in [6.45, 7) is 2.86. The van der Waals surface area contributed by atoms with Gasteiger partial charge < -0.3 is 9.84 Å². The molecule has 4 heteroatoms. The van der Waals surface area contributed by atoms with Gasteiger partial charge in [0.15, 0.2) is 0 Å². The van der Waals surface area contributed by atoms with Crippen LogP contribution in [0.1, 0.15) is 232 Å². The number of carboxylic acid groups (broad SMARTS) is 1. The van der Waals surface area contributed by atoms with Crippen LogP contribution in [0.25, 0.3) is 0 Å². The molecular formula is C43H80O4. The summed E-state index contributed by atoms with van der Waals surface area (Å²) in [7, 11) is 0. The highest BCUT2D eigenvalue weighted by atomic mass is 16.5. The average molecular weight is 661 g/mol. The molecule has 0 bridgehead atoms. The maximum absolute atomic E-state index is 12.0. The van der Waals surface area contributed by atoms with Crippen molar-refractivity contribution in [2.75, 3.05) is 6.61 Å². The van der Waals surface area contributed by atoms with E-state index in [1.807, 2.05) is 0 Å². The molecule has 0 saturated carbocycles. The van der Waals surface area contributed by atoms with Gasteiger partial charge >= 0.3 is 11.9 Å². The minimum atomic E-state index is -0.658. The number of hydrogen-bond donors (Lipinski definition) is 1. The van der Waals surface area contributed by atoms with Crippen LogP contribution in [0.2, 0.25) is 0 Å². The van der Waals surface area contributed by atoms with E-state index in [1.165, 1.54) is 173 Å². The molecule has 47 heavy (non-hydrogen) atoms. The zero-order chi connectivity index (χ0) is 34.1. The van der Waals surface area contributed by atoms with Crippen molar-refractivity contribution in [1.82, 2.24) is 0 Å². The highest BCUT2D eigenvalue weighted by Crippen LogP contribution is 2.16. The fourth-order valence-corrected chi connectivity index (χ4v) is 6.25. The van der Waals surface area contributed by atoms with Crippen molar-refractivity contribution in [2.45, 2.75) is 232 Å². The number of hydrogen-bond acceptors (Lipinski definition) is 3. The summed E-state index contributed by atoms with van der Waals surface area (Å²) in [5.41, 5.74) is 0. The van der Waals surface area contributed by atoms with E-state index >= 15 is 0 Å². The van der Waals surface area contributed by atoms with Crippen LogP contribution in [0.5, 0.6) is 0 Å². The van der Waals surface area contributed by atoms with Crippen molar-refractivity contribution in [3.63, 3.8) is 0 Å². The van der Waals surface area contributed by atoms with Crippen LogP contribution < -0.4 is 0 Å². The van der Waals surface area contributed by atoms with Crippen molar-refractivity contribution in [3.05, 3.63) is 24.3 Å². The number of carbonyl (C=O) groups is 2. The molecule has 0 radical (unpaired) electrons. The van der Waals surface area contributed by atoms with E-state index in [9.17, 15) is 9.59 Å². The lowest BCUT2D eigenvalue weighted by Gasteiger charge is -2.06. The van der Waals surface area contributed by atoms with Gasteiger partial charge in [0.05, 0.1) is 6.61 Å². The number of unbranched alkanes of at least 4 members (excludes halogenated alkanes) is 29. The number of rotatable bonds is 39. The SMILES string of the molecule is CCCCC/C=C\C/C=C\CCCCCCCC(=O)OCCCCCCCCCCCCCCCCCCCCCCCCC(=O)O. The second-order valence-corrected chi connectivity index (χ2v) is 14.1. The van der Waals surface area contributed by atoms with Gasteiger partial charge in [-0.15, -0.1) is 0 Å². The molecule has 276 valence electrons. The topological polar surface area (TPSA) is 63.6 Å². The number of ether oxygens (including phenoxy) is 1. The first kappa shape index (κ1) is 45.4. The molecule has 4 nitrogen and oxygen atoms in total. The van der Waals surface area contributed by atoms with Gasteiger partial charge in [-0.2, -0.15) is 0 Å². The Morgan fingerprint density at radius 3 is 1.17 bits per heavy atom. The summed E-state index contributed by atoms with van der Waals surface area (Å²) in [6, 6.07) is 0. The number of carbonyl (C=O) groups excluding carboxylic acids is 1. The Hall–Kier alpha value is -1.58. The predicted octanol–water partition coefficient (Wildman–Crippen LogP) is 14.4. The molecule has 0 aliphatic carbocycles. The van der Waals surface area contributed by atoms with E-state index in [1.54, 1.807) is 0 Å². The van der Waals surface area contributed by atoms with Gasteiger partial charge in [-0.25, -0.2) is 0 Å². The summed E-state index contributed by atoms with van der Waals surface area (Å²) < 4.78 is 5.45. The van der Waals surface area contributed by atoms with Crippen molar-refractivity contribution in [1.29, 1.82) is 0 Å². The monoisotopic (exact) mass is 661 g/mol. The molecule has 0 spiro atoms. The third kappa shape index (κ3) is 42.4. The van der Waals surface area contributed by atoms with E-state index in [4.69, 9.17) is 9.84 Å². The highest BCUT2D eigenvalue weighted by molar-refractivity contribution is 5.69. The molecule has 0 heterocycles.